The summed E-state index contributed by atoms with van der Waals surface area (Å²) in [7, 11) is 6.84. The van der Waals surface area contributed by atoms with Gasteiger partial charge in [-0.15, -0.1) is 0 Å². The van der Waals surface area contributed by atoms with Crippen molar-refractivity contribution in [2.24, 2.45) is 7.05 Å². The second-order valence-corrected chi connectivity index (χ2v) is 31.5. The molecule has 3 unspecified atom stereocenters. The van der Waals surface area contributed by atoms with E-state index in [2.05, 4.69) is 385 Å². The largest absolute Gasteiger partial charge is 0.328 e. The maximum Gasteiger partial charge on any atom is 0.239 e. The minimum atomic E-state index is -0.734. The number of aryl methyl sites for hydroxylation is 2. The molecule has 17 rings (SSSR count). The zero-order valence-electron chi connectivity index (χ0n) is 63.2. The van der Waals surface area contributed by atoms with E-state index in [1.807, 2.05) is 43.6 Å². The lowest BCUT2D eigenvalue weighted by Gasteiger charge is -2.45. The van der Waals surface area contributed by atoms with Crippen LogP contribution in [0.5, 0.6) is 0 Å². The number of rotatable bonds is 17. The van der Waals surface area contributed by atoms with Gasteiger partial charge in [-0.3, -0.25) is 9.78 Å². The van der Waals surface area contributed by atoms with Crippen LogP contribution in [-0.2, 0) is 33.5 Å². The number of nitrogens with zero attached hydrogens (tertiary/aromatic N) is 3. The first-order valence-electron chi connectivity index (χ1n) is 38.3. The molecule has 3 atom stereocenters. The van der Waals surface area contributed by atoms with Gasteiger partial charge in [-0.2, -0.15) is 0 Å². The Balaban J connectivity index is 0.563. The van der Waals surface area contributed by atoms with Crippen LogP contribution in [0.4, 0.5) is 5.69 Å². The Morgan fingerprint density at radius 2 is 0.596 bits per heavy atom. The van der Waals surface area contributed by atoms with Crippen LogP contribution in [0, 0.1) is 6.92 Å². The van der Waals surface area contributed by atoms with Crippen LogP contribution in [-0.4, -0.2) is 42.6 Å². The lowest BCUT2D eigenvalue weighted by Crippen LogP contribution is -2.51. The Kier molecular flexibility index (Phi) is 18.1. The van der Waals surface area contributed by atoms with E-state index in [0.29, 0.717) is 0 Å². The summed E-state index contributed by atoms with van der Waals surface area (Å²) in [6, 6.07) is 126. The molecule has 109 heavy (non-hydrogen) atoms. The first-order chi connectivity index (χ1) is 53.0. The molecule has 2 aliphatic rings. The Labute approximate surface area is 642 Å². The molecule has 1 fully saturated rings. The summed E-state index contributed by atoms with van der Waals surface area (Å²) < 4.78 is 3.16. The van der Waals surface area contributed by atoms with Gasteiger partial charge in [0.15, 0.2) is 12.4 Å². The molecule has 13 aromatic carbocycles. The van der Waals surface area contributed by atoms with Crippen molar-refractivity contribution in [1.29, 1.82) is 0 Å². The van der Waals surface area contributed by atoms with Crippen LogP contribution >= 0.6 is 0 Å². The third-order valence-corrected chi connectivity index (χ3v) is 24.7. The van der Waals surface area contributed by atoms with E-state index in [1.54, 1.807) is 0 Å². The second-order valence-electron chi connectivity index (χ2n) is 31.5. The number of quaternary nitrogens is 1. The van der Waals surface area contributed by atoms with Crippen LogP contribution in [0.15, 0.2) is 365 Å². The maximum atomic E-state index is 13.3. The Bertz CT molecular complexity index is 5730. The summed E-state index contributed by atoms with van der Waals surface area (Å²) >= 11 is 0. The van der Waals surface area contributed by atoms with Gasteiger partial charge in [-0.05, 0) is 191 Å². The summed E-state index contributed by atoms with van der Waals surface area (Å²) in [6.45, 7) is 11.1. The van der Waals surface area contributed by atoms with Gasteiger partial charge in [0.05, 0.1) is 32.6 Å². The molecule has 1 saturated heterocycles. The number of anilines is 1. The fourth-order valence-corrected chi connectivity index (χ4v) is 17.3. The van der Waals surface area contributed by atoms with Gasteiger partial charge < -0.3 is 9.80 Å². The minimum absolute atomic E-state index is 0.00450. The highest BCUT2D eigenvalue weighted by molar-refractivity contribution is 6.08. The Morgan fingerprint density at radius 1 is 0.339 bits per heavy atom. The number of carbonyl (C=O) groups excluding carboxylic acids is 1. The molecule has 0 bridgehead atoms. The van der Waals surface area contributed by atoms with Crippen LogP contribution in [0.1, 0.15) is 94.8 Å². The van der Waals surface area contributed by atoms with Crippen LogP contribution in [0.2, 0.25) is 0 Å². The van der Waals surface area contributed by atoms with E-state index >= 15 is 0 Å². The van der Waals surface area contributed by atoms with Crippen molar-refractivity contribution in [3.63, 3.8) is 0 Å². The van der Waals surface area contributed by atoms with Crippen LogP contribution in [0.3, 0.4) is 0 Å². The first kappa shape index (κ1) is 69.6. The Morgan fingerprint density at radius 3 is 0.917 bits per heavy atom. The fourth-order valence-electron chi connectivity index (χ4n) is 17.3. The molecule has 15 aromatic rings. The molecule has 2 aromatic heterocycles. The molecule has 5 heteroatoms. The quantitative estimate of drug-likeness (QED) is 0.0729. The second kappa shape index (κ2) is 28.4. The number of nitrogens with one attached hydrogen (secondary N) is 1. The zero-order valence-corrected chi connectivity index (χ0v) is 63.2. The summed E-state index contributed by atoms with van der Waals surface area (Å²) in [5, 5.41) is 3.08. The Hall–Kier alpha value is -12.4. The molecule has 1 amide bonds. The number of piperidine rings is 1. The van der Waals surface area contributed by atoms with Gasteiger partial charge in [-0.1, -0.05) is 315 Å². The lowest BCUT2D eigenvalue weighted by atomic mass is 9.67. The van der Waals surface area contributed by atoms with Crippen LogP contribution < -0.4 is 9.88 Å². The lowest BCUT2D eigenvalue weighted by molar-refractivity contribution is -0.896. The van der Waals surface area contributed by atoms with Crippen molar-refractivity contribution >= 4 is 11.6 Å². The topological polar surface area (TPSA) is 45.9 Å². The van der Waals surface area contributed by atoms with Gasteiger partial charge in [0.25, 0.3) is 0 Å². The molecule has 4 heterocycles. The van der Waals surface area contributed by atoms with Crippen LogP contribution in [0.25, 0.3) is 89.0 Å². The summed E-state index contributed by atoms with van der Waals surface area (Å²) in [6.07, 6.45) is 10.3. The van der Waals surface area contributed by atoms with E-state index < -0.39 is 16.2 Å². The number of para-hydroxylation sites is 1. The highest BCUT2D eigenvalue weighted by atomic mass is 16.2. The van der Waals surface area contributed by atoms with Crippen molar-refractivity contribution in [3.8, 4) is 89.0 Å². The highest BCUT2D eigenvalue weighted by Crippen LogP contribution is 2.48. The number of hydrogen-bond acceptors (Lipinski definition) is 2. The highest BCUT2D eigenvalue weighted by Gasteiger charge is 2.45. The number of likely N-dealkylation sites (tertiary alicyclic amines) is 1. The molecule has 0 saturated carbocycles. The number of benzene rings is 13. The van der Waals surface area contributed by atoms with Gasteiger partial charge in [-0.25, -0.2) is 4.57 Å². The number of fused-ring (bicyclic) bond motifs is 1. The average molecular weight is 1410 g/mol. The summed E-state index contributed by atoms with van der Waals surface area (Å²) in [5.41, 5.74) is 31.6. The summed E-state index contributed by atoms with van der Waals surface area (Å²) in [5.74, 6) is 0.00450. The maximum absolute atomic E-state index is 13.3. The molecular formula is C104H90N4O+2. The van der Waals surface area contributed by atoms with E-state index in [1.165, 1.54) is 111 Å². The summed E-state index contributed by atoms with van der Waals surface area (Å²) in [4.78, 5) is 17.7. The van der Waals surface area contributed by atoms with E-state index in [9.17, 15) is 4.79 Å². The minimum Gasteiger partial charge on any atom is -0.328 e. The molecule has 0 radical (unpaired) electrons. The SMILES string of the molecule is Cc1ccc(-c2ccc(-c3ccc(C4(c5ccc(-c6ccc(-c7ccc(C(C)(c8ccc(-c9ccc(-c%10ccc(C(C)(c%11ccncc%11)c%11ccc(-c%12ccc(-c%13ccc(C%14(C)C(=O)Nc%15ccccc%15%14)cc%13)cc%12)cc%11)cc%10)cc9)cc8)c8cc[n+](C)cc8)cc7)cc6)cc5)CC[N+](C)(C)CC4)cc3)cc2)cc1. The number of amides is 1. The molecule has 530 valence electrons. The van der Waals surface area contributed by atoms with E-state index in [4.69, 9.17) is 0 Å². The normalized spacial score (nSPS) is 16.1. The molecular weight excluding hydrogens is 1320 g/mol. The first-order valence-corrected chi connectivity index (χ1v) is 38.3. The number of carbonyl (C=O) groups is 1. The standard InChI is InChI=1S/C104H89N4O/c1-72-12-14-73(15-13-72)74-16-18-80(19-17-74)87-42-56-96(57-43-87)104(64-70-108(6,7)71-65-104)97-58-44-88(45-59-97)81-30-28-78(29-31-81)85-38-52-92(53-39-85)102(3,95-62-68-107(5)69-63-95)91-50-36-84(37-51-91)77-22-20-75(21-23-77)82-32-46-89(47-33-82)101(2,94-60-66-105-67-61-94)90-48-34-83(35-49-90)76-24-26-79(27-25-76)86-40-54-93(55-41-86)103(4)98-10-8-9-11-99(98)106-100(103)109/h8-63,66-69H,64-65,70-71H2,1-7H3/q+1/p+1. The molecule has 0 aliphatic carbocycles. The van der Waals surface area contributed by atoms with Crippen molar-refractivity contribution in [3.05, 3.63) is 426 Å². The molecule has 1 N–H and O–H groups in total. The van der Waals surface area contributed by atoms with E-state index in [-0.39, 0.29) is 11.3 Å². The molecule has 5 nitrogen and oxygen atoms in total. The third kappa shape index (κ3) is 13.1. The third-order valence-electron chi connectivity index (χ3n) is 24.7. The molecule has 0 spiro atoms. The van der Waals surface area contributed by atoms with E-state index in [0.717, 1.165) is 75.0 Å². The fraction of sp³-hybridized carbons (Fsp3) is 0.144. The molecule has 2 aliphatic heterocycles. The monoisotopic (exact) mass is 1410 g/mol. The predicted octanol–water partition coefficient (Wildman–Crippen LogP) is 23.7. The van der Waals surface area contributed by atoms with Crippen molar-refractivity contribution in [2.75, 3.05) is 32.5 Å². The van der Waals surface area contributed by atoms with Gasteiger partial charge in [0, 0.05) is 59.3 Å². The van der Waals surface area contributed by atoms with Crippen molar-refractivity contribution in [2.45, 2.75) is 62.2 Å². The van der Waals surface area contributed by atoms with Crippen molar-refractivity contribution in [1.82, 2.24) is 4.98 Å². The smallest absolute Gasteiger partial charge is 0.239 e. The average Bonchev–Trinajstić information content (AvgIpc) is 1.63. The van der Waals surface area contributed by atoms with Crippen molar-refractivity contribution < 1.29 is 13.8 Å². The number of hydrogen-bond donors (Lipinski definition) is 1. The van der Waals surface area contributed by atoms with Gasteiger partial charge >= 0.3 is 0 Å². The zero-order chi connectivity index (χ0) is 74.5. The van der Waals surface area contributed by atoms with Gasteiger partial charge in [0.1, 0.15) is 7.05 Å². The predicted molar refractivity (Wildman–Crippen MR) is 450 cm³/mol. The number of pyridine rings is 2. The number of aromatic nitrogens is 2. The van der Waals surface area contributed by atoms with Gasteiger partial charge in [0.2, 0.25) is 5.91 Å².